The minimum Gasteiger partial charge on any atom is -0.444 e. The highest BCUT2D eigenvalue weighted by Crippen LogP contribution is 2.41. The van der Waals surface area contributed by atoms with Crippen LogP contribution in [0.25, 0.3) is 0 Å². The molecule has 1 aliphatic heterocycles. The monoisotopic (exact) mass is 551 g/mol. The quantitative estimate of drug-likeness (QED) is 0.268. The van der Waals surface area contributed by atoms with Crippen molar-refractivity contribution in [3.63, 3.8) is 0 Å². The van der Waals surface area contributed by atoms with E-state index in [2.05, 4.69) is 0 Å². The van der Waals surface area contributed by atoms with E-state index in [1.165, 1.54) is 4.90 Å². The smallest absolute Gasteiger partial charge is 0.410 e. The van der Waals surface area contributed by atoms with Crippen LogP contribution < -0.4 is 0 Å². The van der Waals surface area contributed by atoms with Crippen molar-refractivity contribution in [2.75, 3.05) is 26.0 Å². The lowest BCUT2D eigenvalue weighted by molar-refractivity contribution is -0.0571. The average molecular weight is 552 g/mol. The van der Waals surface area contributed by atoms with Gasteiger partial charge in [-0.2, -0.15) is 8.42 Å². The van der Waals surface area contributed by atoms with Gasteiger partial charge in [-0.15, -0.1) is 0 Å². The SMILES string of the molecule is CC(C)(C)OC(=O)N1CC[C@H](COC(c2ccccc2)(c2ccccc2)c2ccccc2)[C@H](OS(C)(=O)=O)C1. The molecule has 7 nitrogen and oxygen atoms in total. The molecule has 0 aliphatic carbocycles. The maximum Gasteiger partial charge on any atom is 0.410 e. The minimum atomic E-state index is -3.79. The molecule has 3 aromatic rings. The van der Waals surface area contributed by atoms with Crippen molar-refractivity contribution in [2.45, 2.75) is 44.5 Å². The van der Waals surface area contributed by atoms with Gasteiger partial charge in [-0.25, -0.2) is 4.79 Å². The van der Waals surface area contributed by atoms with Crippen LogP contribution in [0.4, 0.5) is 4.79 Å². The van der Waals surface area contributed by atoms with Crippen molar-refractivity contribution in [2.24, 2.45) is 5.92 Å². The number of likely N-dealkylation sites (tertiary alicyclic amines) is 1. The maximum atomic E-state index is 12.8. The number of ether oxygens (including phenoxy) is 2. The molecule has 0 bridgehead atoms. The van der Waals surface area contributed by atoms with E-state index in [0.717, 1.165) is 22.9 Å². The number of amides is 1. The normalized spacial score (nSPS) is 18.5. The lowest BCUT2D eigenvalue weighted by atomic mass is 9.80. The molecule has 1 fully saturated rings. The Labute approximate surface area is 231 Å². The third-order valence-corrected chi connectivity index (χ3v) is 7.30. The summed E-state index contributed by atoms with van der Waals surface area (Å²) in [5.41, 5.74) is 1.25. The second-order valence-electron chi connectivity index (χ2n) is 10.9. The van der Waals surface area contributed by atoms with Gasteiger partial charge in [0.05, 0.1) is 25.5 Å². The summed E-state index contributed by atoms with van der Waals surface area (Å²) in [7, 11) is -3.79. The number of piperidine rings is 1. The van der Waals surface area contributed by atoms with Crippen molar-refractivity contribution in [1.29, 1.82) is 0 Å². The number of hydrogen-bond donors (Lipinski definition) is 0. The Balaban J connectivity index is 1.68. The van der Waals surface area contributed by atoms with E-state index in [-0.39, 0.29) is 19.1 Å². The molecule has 1 heterocycles. The summed E-state index contributed by atoms with van der Waals surface area (Å²) in [6.07, 6.45) is 0.255. The number of carbonyl (C=O) groups excluding carboxylic acids is 1. The molecular formula is C31H37NO6S. The van der Waals surface area contributed by atoms with Gasteiger partial charge in [0.1, 0.15) is 11.2 Å². The Bertz CT molecular complexity index is 1230. The third kappa shape index (κ3) is 7.26. The molecule has 0 aromatic heterocycles. The molecule has 0 spiro atoms. The van der Waals surface area contributed by atoms with Crippen LogP contribution in [-0.4, -0.2) is 57.1 Å². The fraction of sp³-hybridized carbons (Fsp3) is 0.387. The number of rotatable bonds is 8. The van der Waals surface area contributed by atoms with Gasteiger partial charge in [-0.05, 0) is 43.9 Å². The summed E-state index contributed by atoms with van der Waals surface area (Å²) in [5, 5.41) is 0. The predicted molar refractivity (Wildman–Crippen MR) is 151 cm³/mol. The first kappa shape index (κ1) is 28.8. The van der Waals surface area contributed by atoms with Crippen molar-refractivity contribution >= 4 is 16.2 Å². The van der Waals surface area contributed by atoms with Crippen LogP contribution in [0.3, 0.4) is 0 Å². The van der Waals surface area contributed by atoms with Crippen LogP contribution in [0.15, 0.2) is 91.0 Å². The summed E-state index contributed by atoms with van der Waals surface area (Å²) in [5.74, 6) is -0.283. The molecule has 39 heavy (non-hydrogen) atoms. The molecule has 1 aliphatic rings. The van der Waals surface area contributed by atoms with Crippen molar-refractivity contribution in [3.8, 4) is 0 Å². The van der Waals surface area contributed by atoms with E-state index in [0.29, 0.717) is 13.0 Å². The van der Waals surface area contributed by atoms with E-state index in [1.54, 1.807) is 20.8 Å². The molecule has 208 valence electrons. The van der Waals surface area contributed by atoms with Crippen LogP contribution in [0.1, 0.15) is 43.9 Å². The number of carbonyl (C=O) groups is 1. The molecule has 3 aromatic carbocycles. The van der Waals surface area contributed by atoms with Gasteiger partial charge in [0, 0.05) is 12.5 Å². The predicted octanol–water partition coefficient (Wildman–Crippen LogP) is 5.60. The molecule has 4 rings (SSSR count). The second kappa shape index (κ2) is 11.9. The molecule has 0 radical (unpaired) electrons. The first-order valence-electron chi connectivity index (χ1n) is 13.1. The summed E-state index contributed by atoms with van der Waals surface area (Å²) < 4.78 is 42.4. The Hall–Kier alpha value is -3.20. The zero-order valence-corrected chi connectivity index (χ0v) is 23.8. The highest BCUT2D eigenvalue weighted by atomic mass is 32.2. The molecule has 0 unspecified atom stereocenters. The molecule has 2 atom stereocenters. The Morgan fingerprint density at radius 1 is 0.846 bits per heavy atom. The van der Waals surface area contributed by atoms with Crippen LogP contribution in [-0.2, 0) is 29.4 Å². The highest BCUT2D eigenvalue weighted by molar-refractivity contribution is 7.86. The average Bonchev–Trinajstić information content (AvgIpc) is 2.90. The topological polar surface area (TPSA) is 82.1 Å². The van der Waals surface area contributed by atoms with Crippen LogP contribution in [0.2, 0.25) is 0 Å². The Kier molecular flexibility index (Phi) is 8.79. The Morgan fingerprint density at radius 3 is 1.72 bits per heavy atom. The lowest BCUT2D eigenvalue weighted by Crippen LogP contribution is -2.51. The van der Waals surface area contributed by atoms with Crippen LogP contribution in [0, 0.1) is 5.92 Å². The zero-order chi connectivity index (χ0) is 28.1. The largest absolute Gasteiger partial charge is 0.444 e. The van der Waals surface area contributed by atoms with E-state index in [4.69, 9.17) is 13.7 Å². The fourth-order valence-electron chi connectivity index (χ4n) is 4.98. The molecule has 0 N–H and O–H groups in total. The van der Waals surface area contributed by atoms with Crippen LogP contribution >= 0.6 is 0 Å². The summed E-state index contributed by atoms with van der Waals surface area (Å²) in [6, 6.07) is 30.0. The summed E-state index contributed by atoms with van der Waals surface area (Å²) in [6.45, 7) is 6.10. The standard InChI is InChI=1S/C31H37NO6S/c1-30(2,3)37-29(33)32-21-20-24(28(22-32)38-39(4,34)35)23-36-31(25-14-8-5-9-15-25,26-16-10-6-11-17-26)27-18-12-7-13-19-27/h5-19,24,28H,20-23H2,1-4H3/t24-,28-/m1/s1. The minimum absolute atomic E-state index is 0.0883. The fourth-order valence-corrected chi connectivity index (χ4v) is 5.65. The Morgan fingerprint density at radius 2 is 1.31 bits per heavy atom. The first-order valence-corrected chi connectivity index (χ1v) is 15.0. The van der Waals surface area contributed by atoms with Gasteiger partial charge in [0.25, 0.3) is 10.1 Å². The number of benzene rings is 3. The van der Waals surface area contributed by atoms with E-state index < -0.39 is 33.5 Å². The van der Waals surface area contributed by atoms with Gasteiger partial charge in [-0.3, -0.25) is 4.18 Å². The molecule has 0 saturated carbocycles. The van der Waals surface area contributed by atoms with E-state index in [9.17, 15) is 13.2 Å². The van der Waals surface area contributed by atoms with Gasteiger partial charge in [0.2, 0.25) is 0 Å². The molecular weight excluding hydrogens is 514 g/mol. The van der Waals surface area contributed by atoms with Crippen LogP contribution in [0.5, 0.6) is 0 Å². The number of nitrogens with zero attached hydrogens (tertiary/aromatic N) is 1. The highest BCUT2D eigenvalue weighted by Gasteiger charge is 2.41. The number of hydrogen-bond acceptors (Lipinski definition) is 6. The molecule has 8 heteroatoms. The molecule has 1 amide bonds. The van der Waals surface area contributed by atoms with Crippen molar-refractivity contribution in [3.05, 3.63) is 108 Å². The maximum absolute atomic E-state index is 12.8. The van der Waals surface area contributed by atoms with Gasteiger partial charge < -0.3 is 14.4 Å². The van der Waals surface area contributed by atoms with Gasteiger partial charge >= 0.3 is 6.09 Å². The van der Waals surface area contributed by atoms with Gasteiger partial charge in [-0.1, -0.05) is 91.0 Å². The van der Waals surface area contributed by atoms with E-state index in [1.807, 2.05) is 91.0 Å². The van der Waals surface area contributed by atoms with E-state index >= 15 is 0 Å². The third-order valence-electron chi connectivity index (χ3n) is 6.70. The van der Waals surface area contributed by atoms with Crippen molar-refractivity contribution < 1.29 is 26.9 Å². The van der Waals surface area contributed by atoms with Crippen molar-refractivity contribution in [1.82, 2.24) is 4.90 Å². The zero-order valence-electron chi connectivity index (χ0n) is 22.9. The van der Waals surface area contributed by atoms with Gasteiger partial charge in [0.15, 0.2) is 0 Å². The lowest BCUT2D eigenvalue weighted by Gasteiger charge is -2.41. The molecule has 1 saturated heterocycles. The summed E-state index contributed by atoms with van der Waals surface area (Å²) in [4.78, 5) is 14.3. The first-order chi connectivity index (χ1) is 18.5. The summed E-state index contributed by atoms with van der Waals surface area (Å²) >= 11 is 0. The second-order valence-corrected chi connectivity index (χ2v) is 12.5.